The first-order chi connectivity index (χ1) is 13.7. The molecule has 1 amide bonds. The Morgan fingerprint density at radius 3 is 2.68 bits per heavy atom. The molecule has 0 bridgehead atoms. The van der Waals surface area contributed by atoms with Crippen LogP contribution in [0.2, 0.25) is 0 Å². The van der Waals surface area contributed by atoms with Crippen LogP contribution >= 0.6 is 23.5 Å². The van der Waals surface area contributed by atoms with Gasteiger partial charge in [0.05, 0.1) is 0 Å². The fourth-order valence-electron chi connectivity index (χ4n) is 3.61. The molecule has 1 heterocycles. The maximum atomic E-state index is 12.1. The second-order valence-electron chi connectivity index (χ2n) is 7.28. The van der Waals surface area contributed by atoms with Crippen molar-refractivity contribution in [1.29, 1.82) is 0 Å². The van der Waals surface area contributed by atoms with Gasteiger partial charge < -0.3 is 9.88 Å². The van der Waals surface area contributed by atoms with Crippen LogP contribution < -0.4 is 5.32 Å². The lowest BCUT2D eigenvalue weighted by atomic mass is 10.2. The molecule has 0 aliphatic heterocycles. The zero-order chi connectivity index (χ0) is 19.8. The van der Waals surface area contributed by atoms with E-state index in [2.05, 4.69) is 57.5 Å². The van der Waals surface area contributed by atoms with E-state index >= 15 is 0 Å². The molecule has 0 saturated heterocycles. The highest BCUT2D eigenvalue weighted by atomic mass is 32.2. The van der Waals surface area contributed by atoms with Crippen LogP contribution in [0.3, 0.4) is 0 Å². The van der Waals surface area contributed by atoms with Crippen molar-refractivity contribution in [3.63, 3.8) is 0 Å². The lowest BCUT2D eigenvalue weighted by molar-refractivity contribution is -0.120. The number of nitrogens with zero attached hydrogens (tertiary/aromatic N) is 3. The van der Waals surface area contributed by atoms with Crippen LogP contribution in [0.15, 0.2) is 34.3 Å². The van der Waals surface area contributed by atoms with E-state index in [4.69, 9.17) is 0 Å². The number of benzene rings is 1. The first kappa shape index (κ1) is 21.2. The average molecular weight is 419 g/mol. The molecule has 0 unspecified atom stereocenters. The first-order valence-electron chi connectivity index (χ1n) is 10.1. The average Bonchev–Trinajstić information content (AvgIpc) is 3.36. The van der Waals surface area contributed by atoms with Gasteiger partial charge in [0, 0.05) is 36.1 Å². The zero-order valence-electron chi connectivity index (χ0n) is 16.8. The molecule has 1 aliphatic rings. The number of aryl methyl sites for hydroxylation is 2. The van der Waals surface area contributed by atoms with Gasteiger partial charge >= 0.3 is 0 Å². The molecule has 152 valence electrons. The van der Waals surface area contributed by atoms with Gasteiger partial charge in [0.1, 0.15) is 5.82 Å². The molecule has 0 atom stereocenters. The SMILES string of the molecule is CSc1nnc(CCCNC(=O)CCSc2ccc(C)cc2)n1C1CCCC1. The van der Waals surface area contributed by atoms with E-state index in [1.807, 2.05) is 0 Å². The summed E-state index contributed by atoms with van der Waals surface area (Å²) in [5.74, 6) is 2.00. The zero-order valence-corrected chi connectivity index (χ0v) is 18.5. The van der Waals surface area contributed by atoms with Crippen molar-refractivity contribution < 1.29 is 4.79 Å². The highest BCUT2D eigenvalue weighted by Crippen LogP contribution is 2.33. The number of hydrogen-bond donors (Lipinski definition) is 1. The smallest absolute Gasteiger partial charge is 0.220 e. The van der Waals surface area contributed by atoms with Crippen LogP contribution in [0.25, 0.3) is 0 Å². The normalized spacial score (nSPS) is 14.5. The molecule has 3 rings (SSSR count). The van der Waals surface area contributed by atoms with E-state index < -0.39 is 0 Å². The molecule has 0 spiro atoms. The van der Waals surface area contributed by atoms with Gasteiger partial charge in [-0.25, -0.2) is 0 Å². The minimum absolute atomic E-state index is 0.127. The molecule has 5 nitrogen and oxygen atoms in total. The van der Waals surface area contributed by atoms with Crippen molar-refractivity contribution in [2.75, 3.05) is 18.6 Å². The Kier molecular flexibility index (Phi) is 8.27. The predicted octanol–water partition coefficient (Wildman–Crippen LogP) is 4.65. The molecular weight excluding hydrogens is 388 g/mol. The monoisotopic (exact) mass is 418 g/mol. The molecule has 28 heavy (non-hydrogen) atoms. The quantitative estimate of drug-likeness (QED) is 0.449. The van der Waals surface area contributed by atoms with E-state index in [9.17, 15) is 4.79 Å². The standard InChI is InChI=1S/C21H30N4OS2/c1-16-9-11-18(12-10-16)28-15-13-20(26)22-14-5-8-19-23-24-21(27-2)25(19)17-6-3-4-7-17/h9-12,17H,3-8,13-15H2,1-2H3,(H,22,26). The topological polar surface area (TPSA) is 59.8 Å². The Bertz CT molecular complexity index is 754. The van der Waals surface area contributed by atoms with Gasteiger partial charge in [-0.15, -0.1) is 22.0 Å². The first-order valence-corrected chi connectivity index (χ1v) is 12.3. The lowest BCUT2D eigenvalue weighted by Crippen LogP contribution is -2.25. The maximum absolute atomic E-state index is 12.1. The third-order valence-electron chi connectivity index (χ3n) is 5.13. The van der Waals surface area contributed by atoms with Crippen molar-refractivity contribution >= 4 is 29.4 Å². The van der Waals surface area contributed by atoms with Crippen molar-refractivity contribution in [3.8, 4) is 0 Å². The number of carbonyl (C=O) groups excluding carboxylic acids is 1. The Morgan fingerprint density at radius 2 is 1.96 bits per heavy atom. The summed E-state index contributed by atoms with van der Waals surface area (Å²) in [7, 11) is 0. The van der Waals surface area contributed by atoms with E-state index in [-0.39, 0.29) is 5.91 Å². The lowest BCUT2D eigenvalue weighted by Gasteiger charge is -2.16. The maximum Gasteiger partial charge on any atom is 0.220 e. The van der Waals surface area contributed by atoms with Gasteiger partial charge in [-0.3, -0.25) is 4.79 Å². The number of rotatable bonds is 10. The largest absolute Gasteiger partial charge is 0.356 e. The predicted molar refractivity (Wildman–Crippen MR) is 117 cm³/mol. The number of nitrogens with one attached hydrogen (secondary N) is 1. The molecule has 0 radical (unpaired) electrons. The van der Waals surface area contributed by atoms with Gasteiger partial charge in [-0.2, -0.15) is 0 Å². The third-order valence-corrected chi connectivity index (χ3v) is 6.78. The molecule has 1 N–H and O–H groups in total. The van der Waals surface area contributed by atoms with Crippen molar-refractivity contribution in [2.45, 2.75) is 68.0 Å². The van der Waals surface area contributed by atoms with Crippen LogP contribution in [0.4, 0.5) is 0 Å². The number of amides is 1. The summed E-state index contributed by atoms with van der Waals surface area (Å²) in [6.45, 7) is 2.78. The molecule has 1 saturated carbocycles. The summed E-state index contributed by atoms with van der Waals surface area (Å²) in [6.07, 6.45) is 9.43. The van der Waals surface area contributed by atoms with E-state index in [0.717, 1.165) is 29.6 Å². The van der Waals surface area contributed by atoms with Gasteiger partial charge in [0.2, 0.25) is 5.91 Å². The Morgan fingerprint density at radius 1 is 1.21 bits per heavy atom. The van der Waals surface area contributed by atoms with Crippen LogP contribution in [0, 0.1) is 6.92 Å². The van der Waals surface area contributed by atoms with Crippen LogP contribution in [-0.2, 0) is 11.2 Å². The number of hydrogen-bond acceptors (Lipinski definition) is 5. The fourth-order valence-corrected chi connectivity index (χ4v) is 5.03. The second-order valence-corrected chi connectivity index (χ2v) is 9.22. The Labute approximate surface area is 176 Å². The van der Waals surface area contributed by atoms with E-state index in [0.29, 0.717) is 19.0 Å². The highest BCUT2D eigenvalue weighted by molar-refractivity contribution is 7.99. The summed E-state index contributed by atoms with van der Waals surface area (Å²) < 4.78 is 2.34. The summed E-state index contributed by atoms with van der Waals surface area (Å²) in [5.41, 5.74) is 1.26. The minimum atomic E-state index is 0.127. The number of aromatic nitrogens is 3. The van der Waals surface area contributed by atoms with Crippen LogP contribution in [0.1, 0.15) is 56.0 Å². The second kappa shape index (κ2) is 10.9. The minimum Gasteiger partial charge on any atom is -0.356 e. The molecule has 1 aliphatic carbocycles. The van der Waals surface area contributed by atoms with Crippen molar-refractivity contribution in [3.05, 3.63) is 35.7 Å². The molecule has 2 aromatic rings. The molecule has 1 fully saturated rings. The summed E-state index contributed by atoms with van der Waals surface area (Å²) in [4.78, 5) is 13.3. The van der Waals surface area contributed by atoms with Gasteiger partial charge in [-0.05, 0) is 44.6 Å². The number of carbonyl (C=O) groups is 1. The fraction of sp³-hybridized carbons (Fsp3) is 0.571. The molecule has 1 aromatic carbocycles. The Balaban J connectivity index is 1.37. The molecule has 1 aromatic heterocycles. The van der Waals surface area contributed by atoms with E-state index in [1.54, 1.807) is 23.5 Å². The van der Waals surface area contributed by atoms with Crippen LogP contribution in [0.5, 0.6) is 0 Å². The van der Waals surface area contributed by atoms with Crippen molar-refractivity contribution in [2.24, 2.45) is 0 Å². The van der Waals surface area contributed by atoms with Gasteiger partial charge in [0.15, 0.2) is 5.16 Å². The van der Waals surface area contributed by atoms with Gasteiger partial charge in [0.25, 0.3) is 0 Å². The van der Waals surface area contributed by atoms with Gasteiger partial charge in [-0.1, -0.05) is 42.3 Å². The van der Waals surface area contributed by atoms with Crippen LogP contribution in [-0.4, -0.2) is 39.2 Å². The molecular formula is C21H30N4OS2. The summed E-state index contributed by atoms with van der Waals surface area (Å²) in [5, 5.41) is 12.8. The highest BCUT2D eigenvalue weighted by Gasteiger charge is 2.23. The Hall–Kier alpha value is -1.47. The van der Waals surface area contributed by atoms with E-state index in [1.165, 1.54) is 36.1 Å². The molecule has 7 heteroatoms. The summed E-state index contributed by atoms with van der Waals surface area (Å²) >= 11 is 3.40. The summed E-state index contributed by atoms with van der Waals surface area (Å²) in [6, 6.07) is 8.99. The van der Waals surface area contributed by atoms with Crippen molar-refractivity contribution in [1.82, 2.24) is 20.1 Å². The third kappa shape index (κ3) is 6.01. The number of thioether (sulfide) groups is 2.